The van der Waals surface area contributed by atoms with Crippen molar-refractivity contribution in [2.24, 2.45) is 5.92 Å². The Morgan fingerprint density at radius 2 is 1.93 bits per heavy atom. The Bertz CT molecular complexity index is 219. The van der Waals surface area contributed by atoms with E-state index in [9.17, 15) is 9.59 Å². The lowest BCUT2D eigenvalue weighted by atomic mass is 10.1. The number of esters is 1. The number of carbonyl (C=O) groups excluding carboxylic acids is 1. The van der Waals surface area contributed by atoms with Crippen LogP contribution in [0.4, 0.5) is 0 Å². The average Bonchev–Trinajstić information content (AvgIpc) is 1.96. The van der Waals surface area contributed by atoms with E-state index < -0.39 is 23.5 Å². The van der Waals surface area contributed by atoms with E-state index in [1.165, 1.54) is 0 Å². The summed E-state index contributed by atoms with van der Waals surface area (Å²) < 4.78 is 5.00. The number of hydrogen-bond donors (Lipinski definition) is 1. The molecule has 0 saturated carbocycles. The molecule has 82 valence electrons. The standard InChI is InChI=1S/C9H15ClO4/c1-9(2,3)14-8(13)6(5-10)4-7(11)12/h6H,4-5H2,1-3H3,(H,11,12). The van der Waals surface area contributed by atoms with Gasteiger partial charge in [-0.1, -0.05) is 0 Å². The number of hydrogen-bond acceptors (Lipinski definition) is 3. The van der Waals surface area contributed by atoms with Crippen LogP contribution in [0.2, 0.25) is 0 Å². The van der Waals surface area contributed by atoms with Crippen molar-refractivity contribution in [3.05, 3.63) is 0 Å². The largest absolute Gasteiger partial charge is 0.481 e. The minimum atomic E-state index is -1.05. The molecule has 4 nitrogen and oxygen atoms in total. The van der Waals surface area contributed by atoms with Crippen LogP contribution in [0.15, 0.2) is 0 Å². The molecule has 0 heterocycles. The van der Waals surface area contributed by atoms with Gasteiger partial charge in [-0.25, -0.2) is 0 Å². The van der Waals surface area contributed by atoms with Crippen LogP contribution in [0.3, 0.4) is 0 Å². The molecule has 0 aromatic rings. The molecule has 0 aliphatic carbocycles. The van der Waals surface area contributed by atoms with Crippen molar-refractivity contribution in [2.45, 2.75) is 32.8 Å². The minimum absolute atomic E-state index is 0.0405. The van der Waals surface area contributed by atoms with Gasteiger partial charge in [0.1, 0.15) is 5.60 Å². The predicted molar refractivity (Wildman–Crippen MR) is 52.3 cm³/mol. The highest BCUT2D eigenvalue weighted by Gasteiger charge is 2.26. The zero-order valence-corrected chi connectivity index (χ0v) is 9.30. The molecular formula is C9H15ClO4. The third kappa shape index (κ3) is 5.80. The van der Waals surface area contributed by atoms with E-state index >= 15 is 0 Å². The first kappa shape index (κ1) is 13.2. The monoisotopic (exact) mass is 222 g/mol. The minimum Gasteiger partial charge on any atom is -0.481 e. The average molecular weight is 223 g/mol. The van der Waals surface area contributed by atoms with Crippen LogP contribution in [0.5, 0.6) is 0 Å². The van der Waals surface area contributed by atoms with Crippen molar-refractivity contribution in [1.29, 1.82) is 0 Å². The zero-order chi connectivity index (χ0) is 11.4. The summed E-state index contributed by atoms with van der Waals surface area (Å²) in [7, 11) is 0. The maximum absolute atomic E-state index is 11.4. The van der Waals surface area contributed by atoms with Crippen LogP contribution < -0.4 is 0 Å². The Balaban J connectivity index is 4.25. The molecule has 0 amide bonds. The summed E-state index contributed by atoms with van der Waals surface area (Å²) in [5, 5.41) is 8.50. The van der Waals surface area contributed by atoms with E-state index in [1.54, 1.807) is 20.8 Å². The smallest absolute Gasteiger partial charge is 0.311 e. The Morgan fingerprint density at radius 1 is 1.43 bits per heavy atom. The van der Waals surface area contributed by atoms with Crippen molar-refractivity contribution >= 4 is 23.5 Å². The van der Waals surface area contributed by atoms with Gasteiger partial charge < -0.3 is 9.84 Å². The van der Waals surface area contributed by atoms with Gasteiger partial charge in [0, 0.05) is 5.88 Å². The summed E-state index contributed by atoms with van der Waals surface area (Å²) in [6.45, 7) is 5.16. The van der Waals surface area contributed by atoms with Gasteiger partial charge in [0.15, 0.2) is 0 Å². The summed E-state index contributed by atoms with van der Waals surface area (Å²) in [6.07, 6.45) is -0.293. The Hall–Kier alpha value is -0.770. The second-order valence-electron chi connectivity index (χ2n) is 3.98. The normalized spacial score (nSPS) is 13.4. The molecular weight excluding hydrogens is 208 g/mol. The number of carbonyl (C=O) groups is 2. The molecule has 1 N–H and O–H groups in total. The van der Waals surface area contributed by atoms with Gasteiger partial charge in [-0.3, -0.25) is 9.59 Å². The van der Waals surface area contributed by atoms with E-state index in [-0.39, 0.29) is 12.3 Å². The highest BCUT2D eigenvalue weighted by Crippen LogP contribution is 2.14. The zero-order valence-electron chi connectivity index (χ0n) is 8.54. The molecule has 0 saturated heterocycles. The van der Waals surface area contributed by atoms with E-state index in [0.29, 0.717) is 0 Å². The number of carboxylic acids is 1. The van der Waals surface area contributed by atoms with Gasteiger partial charge in [0.25, 0.3) is 0 Å². The molecule has 0 bridgehead atoms. The molecule has 0 aromatic heterocycles. The molecule has 0 radical (unpaired) electrons. The third-order valence-electron chi connectivity index (χ3n) is 1.35. The SMILES string of the molecule is CC(C)(C)OC(=O)C(CCl)CC(=O)O. The lowest BCUT2D eigenvalue weighted by Crippen LogP contribution is -2.30. The Morgan fingerprint density at radius 3 is 2.21 bits per heavy atom. The molecule has 0 spiro atoms. The quantitative estimate of drug-likeness (QED) is 0.581. The number of halogens is 1. The fraction of sp³-hybridized carbons (Fsp3) is 0.778. The molecule has 1 unspecified atom stereocenters. The van der Waals surface area contributed by atoms with Gasteiger partial charge in [0.05, 0.1) is 12.3 Å². The number of rotatable bonds is 4. The first-order valence-corrected chi connectivity index (χ1v) is 4.80. The van der Waals surface area contributed by atoms with Crippen molar-refractivity contribution in [2.75, 3.05) is 5.88 Å². The molecule has 0 aliphatic rings. The summed E-state index contributed by atoms with van der Waals surface area (Å²) in [4.78, 5) is 21.7. The maximum Gasteiger partial charge on any atom is 0.311 e. The molecule has 0 fully saturated rings. The fourth-order valence-electron chi connectivity index (χ4n) is 0.797. The van der Waals surface area contributed by atoms with E-state index in [0.717, 1.165) is 0 Å². The summed E-state index contributed by atoms with van der Waals surface area (Å²) >= 11 is 5.47. The lowest BCUT2D eigenvalue weighted by molar-refractivity contribution is -0.161. The van der Waals surface area contributed by atoms with Crippen LogP contribution in [0, 0.1) is 5.92 Å². The van der Waals surface area contributed by atoms with E-state index in [4.69, 9.17) is 21.4 Å². The van der Waals surface area contributed by atoms with Gasteiger partial charge in [-0.2, -0.15) is 0 Å². The highest BCUT2D eigenvalue weighted by molar-refractivity contribution is 6.19. The molecule has 1 atom stereocenters. The van der Waals surface area contributed by atoms with Crippen molar-refractivity contribution < 1.29 is 19.4 Å². The van der Waals surface area contributed by atoms with Gasteiger partial charge in [-0.15, -0.1) is 11.6 Å². The molecule has 14 heavy (non-hydrogen) atoms. The van der Waals surface area contributed by atoms with Crippen LogP contribution in [-0.2, 0) is 14.3 Å². The number of carboxylic acid groups (broad SMARTS) is 1. The predicted octanol–water partition coefficient (Wildman–Crippen LogP) is 1.66. The molecule has 5 heteroatoms. The van der Waals surface area contributed by atoms with Gasteiger partial charge in [0.2, 0.25) is 0 Å². The van der Waals surface area contributed by atoms with Crippen LogP contribution in [0.1, 0.15) is 27.2 Å². The van der Waals surface area contributed by atoms with E-state index in [2.05, 4.69) is 0 Å². The lowest BCUT2D eigenvalue weighted by Gasteiger charge is -2.22. The van der Waals surface area contributed by atoms with Gasteiger partial charge in [-0.05, 0) is 20.8 Å². The molecule has 0 aromatic carbocycles. The first-order chi connectivity index (χ1) is 6.26. The topological polar surface area (TPSA) is 63.6 Å². The molecule has 0 aliphatic heterocycles. The van der Waals surface area contributed by atoms with Crippen LogP contribution >= 0.6 is 11.6 Å². The first-order valence-electron chi connectivity index (χ1n) is 4.27. The number of ether oxygens (including phenoxy) is 1. The number of aliphatic carboxylic acids is 1. The summed E-state index contributed by atoms with van der Waals surface area (Å²) in [5.41, 5.74) is -0.611. The van der Waals surface area contributed by atoms with Crippen molar-refractivity contribution in [1.82, 2.24) is 0 Å². The Labute approximate surface area is 88.2 Å². The maximum atomic E-state index is 11.4. The van der Waals surface area contributed by atoms with Crippen molar-refractivity contribution in [3.8, 4) is 0 Å². The Kier molecular flexibility index (Phi) is 4.91. The highest BCUT2D eigenvalue weighted by atomic mass is 35.5. The second-order valence-corrected chi connectivity index (χ2v) is 4.29. The summed E-state index contributed by atoms with van der Waals surface area (Å²) in [6, 6.07) is 0. The van der Waals surface area contributed by atoms with Gasteiger partial charge >= 0.3 is 11.9 Å². The van der Waals surface area contributed by atoms with Crippen molar-refractivity contribution in [3.63, 3.8) is 0 Å². The van der Waals surface area contributed by atoms with Crippen LogP contribution in [-0.4, -0.2) is 28.5 Å². The second kappa shape index (κ2) is 5.20. The fourth-order valence-corrected chi connectivity index (χ4v) is 1.03. The summed E-state index contributed by atoms with van der Waals surface area (Å²) in [5.74, 6) is -2.42. The molecule has 0 rings (SSSR count). The number of alkyl halides is 1. The van der Waals surface area contributed by atoms with Crippen LogP contribution in [0.25, 0.3) is 0 Å². The van der Waals surface area contributed by atoms with E-state index in [1.807, 2.05) is 0 Å². The third-order valence-corrected chi connectivity index (χ3v) is 1.72.